The summed E-state index contributed by atoms with van der Waals surface area (Å²) in [5.74, 6) is -0.851. The zero-order valence-electron chi connectivity index (χ0n) is 7.62. The maximum Gasteiger partial charge on any atom is 0.416 e. The first kappa shape index (κ1) is 11.1. The standard InChI is InChI=1S/C8H5F3N2O2S/c9-8(10,11)4-1-2-5-6(3-4)16(12,15)13-7(5)14/h1-3H,(H2,12,13,14,15). The molecule has 1 aromatic rings. The minimum absolute atomic E-state index is 0.138. The van der Waals surface area contributed by atoms with Crippen LogP contribution in [0, 0.1) is 0 Å². The Hall–Kier alpha value is -1.41. The van der Waals surface area contributed by atoms with Crippen LogP contribution in [-0.4, -0.2) is 10.1 Å². The van der Waals surface area contributed by atoms with Crippen molar-refractivity contribution in [2.75, 3.05) is 0 Å². The summed E-state index contributed by atoms with van der Waals surface area (Å²) in [5, 5.41) is 5.16. The van der Waals surface area contributed by atoms with E-state index in [0.29, 0.717) is 6.07 Å². The molecule has 0 saturated heterocycles. The van der Waals surface area contributed by atoms with Gasteiger partial charge in [0.15, 0.2) is 0 Å². The minimum atomic E-state index is -4.57. The molecule has 0 spiro atoms. The van der Waals surface area contributed by atoms with E-state index in [1.165, 1.54) is 0 Å². The number of amides is 1. The van der Waals surface area contributed by atoms with Crippen molar-refractivity contribution in [2.45, 2.75) is 11.1 Å². The van der Waals surface area contributed by atoms with Crippen LogP contribution < -0.4 is 5.14 Å². The number of alkyl halides is 3. The Labute approximate surface area is 88.6 Å². The Bertz CT molecular complexity index is 600. The van der Waals surface area contributed by atoms with E-state index >= 15 is 0 Å². The number of hydrogen-bond acceptors (Lipinski definition) is 2. The molecule has 0 saturated carbocycles. The van der Waals surface area contributed by atoms with Crippen LogP contribution in [-0.2, 0) is 16.1 Å². The van der Waals surface area contributed by atoms with E-state index in [1.807, 2.05) is 0 Å². The van der Waals surface area contributed by atoms with Crippen molar-refractivity contribution in [1.82, 2.24) is 0 Å². The molecule has 2 N–H and O–H groups in total. The number of nitrogens with zero attached hydrogens (tertiary/aromatic N) is 1. The second kappa shape index (κ2) is 3.05. The molecule has 4 nitrogen and oxygen atoms in total. The zero-order valence-corrected chi connectivity index (χ0v) is 8.43. The fourth-order valence-electron chi connectivity index (χ4n) is 1.34. The monoisotopic (exact) mass is 250 g/mol. The van der Waals surface area contributed by atoms with Gasteiger partial charge in [0.05, 0.1) is 16.0 Å². The van der Waals surface area contributed by atoms with Crippen LogP contribution in [0.5, 0.6) is 0 Å². The Morgan fingerprint density at radius 3 is 2.50 bits per heavy atom. The van der Waals surface area contributed by atoms with Gasteiger partial charge in [0.1, 0.15) is 9.92 Å². The van der Waals surface area contributed by atoms with Crippen LogP contribution in [0.1, 0.15) is 15.9 Å². The molecule has 2 rings (SSSR count). The second-order valence-corrected chi connectivity index (χ2v) is 4.93. The summed E-state index contributed by atoms with van der Waals surface area (Å²) in [6, 6.07) is 2.27. The van der Waals surface area contributed by atoms with Crippen molar-refractivity contribution in [1.29, 1.82) is 0 Å². The molecule has 1 heterocycles. The molecule has 86 valence electrons. The van der Waals surface area contributed by atoms with Gasteiger partial charge >= 0.3 is 6.18 Å². The number of carbonyl (C=O) groups is 1. The van der Waals surface area contributed by atoms with E-state index in [1.54, 1.807) is 0 Å². The van der Waals surface area contributed by atoms with E-state index in [9.17, 15) is 22.2 Å². The highest BCUT2D eigenvalue weighted by Crippen LogP contribution is 2.33. The Morgan fingerprint density at radius 1 is 1.31 bits per heavy atom. The smallest absolute Gasteiger partial charge is 0.266 e. The van der Waals surface area contributed by atoms with Crippen LogP contribution >= 0.6 is 0 Å². The largest absolute Gasteiger partial charge is 0.416 e. The van der Waals surface area contributed by atoms with Gasteiger partial charge in [0, 0.05) is 0 Å². The van der Waals surface area contributed by atoms with E-state index < -0.39 is 27.6 Å². The molecule has 1 atom stereocenters. The number of nitrogens with two attached hydrogens (primary N) is 1. The van der Waals surface area contributed by atoms with Crippen LogP contribution in [0.25, 0.3) is 0 Å². The van der Waals surface area contributed by atoms with Gasteiger partial charge < -0.3 is 0 Å². The Morgan fingerprint density at radius 2 is 1.94 bits per heavy atom. The third-order valence-corrected chi connectivity index (χ3v) is 3.48. The van der Waals surface area contributed by atoms with Crippen molar-refractivity contribution in [3.63, 3.8) is 0 Å². The van der Waals surface area contributed by atoms with Gasteiger partial charge in [-0.2, -0.15) is 13.2 Å². The lowest BCUT2D eigenvalue weighted by Gasteiger charge is -2.08. The minimum Gasteiger partial charge on any atom is -0.266 e. The molecular weight excluding hydrogens is 245 g/mol. The molecule has 1 aliphatic heterocycles. The Balaban J connectivity index is 2.70. The zero-order chi connectivity index (χ0) is 12.1. The second-order valence-electron chi connectivity index (χ2n) is 3.17. The van der Waals surface area contributed by atoms with E-state index in [2.05, 4.69) is 4.36 Å². The van der Waals surface area contributed by atoms with Gasteiger partial charge in [-0.25, -0.2) is 9.35 Å². The molecule has 1 unspecified atom stereocenters. The normalized spacial score (nSPS) is 24.1. The summed E-state index contributed by atoms with van der Waals surface area (Å²) in [7, 11) is -3.51. The molecule has 0 radical (unpaired) electrons. The van der Waals surface area contributed by atoms with Crippen molar-refractivity contribution in [3.05, 3.63) is 29.3 Å². The summed E-state index contributed by atoms with van der Waals surface area (Å²) in [6.07, 6.45) is -4.57. The van der Waals surface area contributed by atoms with E-state index in [-0.39, 0.29) is 10.5 Å². The molecule has 0 aromatic heterocycles. The summed E-state index contributed by atoms with van der Waals surface area (Å²) >= 11 is 0. The fourth-order valence-corrected chi connectivity index (χ4v) is 2.55. The lowest BCUT2D eigenvalue weighted by atomic mass is 10.1. The summed E-state index contributed by atoms with van der Waals surface area (Å²) < 4.78 is 51.7. The van der Waals surface area contributed by atoms with Gasteiger partial charge in [-0.3, -0.25) is 4.79 Å². The number of fused-ring (bicyclic) bond motifs is 1. The lowest BCUT2D eigenvalue weighted by molar-refractivity contribution is -0.137. The molecule has 8 heteroatoms. The predicted octanol–water partition coefficient (Wildman–Crippen LogP) is 1.56. The maximum absolute atomic E-state index is 12.4. The van der Waals surface area contributed by atoms with Crippen molar-refractivity contribution in [2.24, 2.45) is 9.50 Å². The molecule has 16 heavy (non-hydrogen) atoms. The highest BCUT2D eigenvalue weighted by Gasteiger charge is 2.34. The summed E-state index contributed by atoms with van der Waals surface area (Å²) in [6.45, 7) is 0. The molecule has 1 aromatic carbocycles. The number of benzene rings is 1. The third-order valence-electron chi connectivity index (χ3n) is 2.07. The number of hydrogen-bond donors (Lipinski definition) is 1. The number of halogens is 3. The topological polar surface area (TPSA) is 72.5 Å². The lowest BCUT2D eigenvalue weighted by Crippen LogP contribution is -2.12. The van der Waals surface area contributed by atoms with E-state index in [0.717, 1.165) is 12.1 Å². The highest BCUT2D eigenvalue weighted by atomic mass is 32.2. The van der Waals surface area contributed by atoms with Crippen molar-refractivity contribution >= 4 is 15.8 Å². The SMILES string of the molecule is NS1(=O)=NC(=O)c2ccc(C(F)(F)F)cc21. The summed E-state index contributed by atoms with van der Waals surface area (Å²) in [5.41, 5.74) is -1.14. The highest BCUT2D eigenvalue weighted by molar-refractivity contribution is 7.92. The van der Waals surface area contributed by atoms with Crippen LogP contribution in [0.15, 0.2) is 27.5 Å². The molecule has 1 amide bonds. The first-order valence-electron chi connectivity index (χ1n) is 4.02. The average molecular weight is 250 g/mol. The van der Waals surface area contributed by atoms with Crippen LogP contribution in [0.3, 0.4) is 0 Å². The molecule has 0 bridgehead atoms. The number of rotatable bonds is 0. The first-order chi connectivity index (χ1) is 7.22. The third kappa shape index (κ3) is 1.59. The van der Waals surface area contributed by atoms with Gasteiger partial charge in [-0.05, 0) is 18.2 Å². The van der Waals surface area contributed by atoms with Gasteiger partial charge in [-0.15, -0.1) is 4.36 Å². The van der Waals surface area contributed by atoms with Gasteiger partial charge in [-0.1, -0.05) is 0 Å². The van der Waals surface area contributed by atoms with Gasteiger partial charge in [0.2, 0.25) is 0 Å². The molecule has 1 aliphatic rings. The van der Waals surface area contributed by atoms with Crippen LogP contribution in [0.2, 0.25) is 0 Å². The van der Waals surface area contributed by atoms with Gasteiger partial charge in [0.25, 0.3) is 5.91 Å². The fraction of sp³-hybridized carbons (Fsp3) is 0.125. The van der Waals surface area contributed by atoms with Crippen LogP contribution in [0.4, 0.5) is 13.2 Å². The number of carbonyl (C=O) groups excluding carboxylic acids is 1. The molecule has 0 fully saturated rings. The molecular formula is C8H5F3N2O2S. The quantitative estimate of drug-likeness (QED) is 0.758. The van der Waals surface area contributed by atoms with Crippen molar-refractivity contribution in [3.8, 4) is 0 Å². The average Bonchev–Trinajstić information content (AvgIpc) is 2.36. The molecule has 0 aliphatic carbocycles. The van der Waals surface area contributed by atoms with Crippen molar-refractivity contribution < 1.29 is 22.2 Å². The van der Waals surface area contributed by atoms with E-state index in [4.69, 9.17) is 5.14 Å². The first-order valence-corrected chi connectivity index (χ1v) is 5.60. The maximum atomic E-state index is 12.4. The predicted molar refractivity (Wildman–Crippen MR) is 48.8 cm³/mol. The summed E-state index contributed by atoms with van der Waals surface area (Å²) in [4.78, 5) is 10.8. The Kier molecular flexibility index (Phi) is 2.11.